The zero-order chi connectivity index (χ0) is 15.7. The number of ether oxygens (including phenoxy) is 1. The largest absolute Gasteiger partial charge is 0.463 e. The first-order valence-electron chi connectivity index (χ1n) is 6.50. The highest BCUT2D eigenvalue weighted by molar-refractivity contribution is 5.83. The minimum atomic E-state index is -0.739. The van der Waals surface area contributed by atoms with Crippen LogP contribution >= 0.6 is 0 Å². The number of nitrogens with zero attached hydrogens (tertiary/aromatic N) is 1. The molecule has 0 saturated heterocycles. The van der Waals surface area contributed by atoms with Gasteiger partial charge in [0.05, 0.1) is 10.9 Å². The van der Waals surface area contributed by atoms with Crippen LogP contribution in [0.15, 0.2) is 50.5 Å². The summed E-state index contributed by atoms with van der Waals surface area (Å²) in [7, 11) is 0. The average molecular weight is 300 g/mol. The Balaban J connectivity index is 2.03. The number of esters is 1. The van der Waals surface area contributed by atoms with E-state index in [0.29, 0.717) is 22.2 Å². The Hall–Kier alpha value is -2.93. The number of carbonyl (C=O) groups excluding carboxylic acids is 1. The molecular formula is C15H12N2O5. The zero-order valence-corrected chi connectivity index (χ0v) is 11.6. The Labute approximate surface area is 124 Å². The predicted octanol–water partition coefficient (Wildman–Crippen LogP) is 1.70. The van der Waals surface area contributed by atoms with Crippen LogP contribution in [-0.2, 0) is 4.79 Å². The molecule has 0 spiro atoms. The minimum absolute atomic E-state index is 0.250. The van der Waals surface area contributed by atoms with Crippen LogP contribution in [0, 0.1) is 0 Å². The molecule has 0 aliphatic rings. The maximum Gasteiger partial charge on any atom is 0.328 e. The summed E-state index contributed by atoms with van der Waals surface area (Å²) in [5.41, 5.74) is 6.16. The number of rotatable bonds is 3. The van der Waals surface area contributed by atoms with E-state index in [2.05, 4.69) is 5.16 Å². The summed E-state index contributed by atoms with van der Waals surface area (Å²) >= 11 is 0. The van der Waals surface area contributed by atoms with Crippen molar-refractivity contribution >= 4 is 16.9 Å². The Morgan fingerprint density at radius 1 is 1.36 bits per heavy atom. The molecule has 7 nitrogen and oxygen atoms in total. The number of benzene rings is 1. The Kier molecular flexibility index (Phi) is 3.48. The van der Waals surface area contributed by atoms with Crippen molar-refractivity contribution in [2.75, 3.05) is 0 Å². The molecule has 0 aliphatic heterocycles. The first-order chi connectivity index (χ1) is 10.6. The SMILES string of the molecule is C[C@@H](N)C(=O)Oc1ccc2c(=O)c(-c3ccon3)coc2c1. The van der Waals surface area contributed by atoms with Crippen LogP contribution in [0.2, 0.25) is 0 Å². The first kappa shape index (κ1) is 14.0. The third-order valence-corrected chi connectivity index (χ3v) is 3.05. The van der Waals surface area contributed by atoms with E-state index in [9.17, 15) is 9.59 Å². The summed E-state index contributed by atoms with van der Waals surface area (Å²) in [5.74, 6) is -0.312. The third kappa shape index (κ3) is 2.49. The van der Waals surface area contributed by atoms with Gasteiger partial charge in [-0.05, 0) is 19.1 Å². The van der Waals surface area contributed by atoms with E-state index < -0.39 is 12.0 Å². The number of aromatic nitrogens is 1. The van der Waals surface area contributed by atoms with Gasteiger partial charge in [0.1, 0.15) is 35.6 Å². The van der Waals surface area contributed by atoms with Gasteiger partial charge in [-0.15, -0.1) is 0 Å². The van der Waals surface area contributed by atoms with Gasteiger partial charge in [-0.2, -0.15) is 0 Å². The van der Waals surface area contributed by atoms with Crippen molar-refractivity contribution in [3.05, 3.63) is 47.0 Å². The van der Waals surface area contributed by atoms with Gasteiger partial charge >= 0.3 is 5.97 Å². The highest BCUT2D eigenvalue weighted by Gasteiger charge is 2.14. The summed E-state index contributed by atoms with van der Waals surface area (Å²) in [4.78, 5) is 23.9. The normalized spacial score (nSPS) is 12.3. The molecule has 2 heterocycles. The second kappa shape index (κ2) is 5.45. The molecule has 2 N–H and O–H groups in total. The molecule has 0 fully saturated rings. The number of hydrogen-bond acceptors (Lipinski definition) is 7. The number of carbonyl (C=O) groups is 1. The summed E-state index contributed by atoms with van der Waals surface area (Å²) < 4.78 is 15.2. The highest BCUT2D eigenvalue weighted by Crippen LogP contribution is 2.22. The predicted molar refractivity (Wildman–Crippen MR) is 77.3 cm³/mol. The van der Waals surface area contributed by atoms with Crippen LogP contribution in [0.4, 0.5) is 0 Å². The van der Waals surface area contributed by atoms with Crippen LogP contribution in [0.5, 0.6) is 5.75 Å². The molecule has 0 unspecified atom stereocenters. The fraction of sp³-hybridized carbons (Fsp3) is 0.133. The Morgan fingerprint density at radius 3 is 2.86 bits per heavy atom. The molecular weight excluding hydrogens is 288 g/mol. The molecule has 2 aromatic heterocycles. The van der Waals surface area contributed by atoms with E-state index in [0.717, 1.165) is 0 Å². The minimum Gasteiger partial charge on any atom is -0.463 e. The number of hydrogen-bond donors (Lipinski definition) is 1. The molecule has 112 valence electrons. The van der Waals surface area contributed by atoms with Gasteiger partial charge in [0.2, 0.25) is 5.43 Å². The van der Waals surface area contributed by atoms with Gasteiger partial charge in [0.25, 0.3) is 0 Å². The fourth-order valence-corrected chi connectivity index (χ4v) is 1.91. The lowest BCUT2D eigenvalue weighted by Gasteiger charge is -2.07. The molecule has 7 heteroatoms. The third-order valence-electron chi connectivity index (χ3n) is 3.05. The lowest BCUT2D eigenvalue weighted by molar-refractivity contribution is -0.135. The Bertz CT molecular complexity index is 881. The number of fused-ring (bicyclic) bond motifs is 1. The fourth-order valence-electron chi connectivity index (χ4n) is 1.91. The van der Waals surface area contributed by atoms with Gasteiger partial charge in [-0.25, -0.2) is 4.79 Å². The van der Waals surface area contributed by atoms with Gasteiger partial charge in [0.15, 0.2) is 0 Å². The van der Waals surface area contributed by atoms with Crippen LogP contribution < -0.4 is 15.9 Å². The topological polar surface area (TPSA) is 109 Å². The van der Waals surface area contributed by atoms with Gasteiger partial charge < -0.3 is 19.4 Å². The zero-order valence-electron chi connectivity index (χ0n) is 11.6. The molecule has 3 aromatic rings. The molecule has 0 aliphatic carbocycles. The van der Waals surface area contributed by atoms with Crippen LogP contribution in [-0.4, -0.2) is 17.2 Å². The molecule has 0 radical (unpaired) electrons. The van der Waals surface area contributed by atoms with Crippen LogP contribution in [0.3, 0.4) is 0 Å². The molecule has 3 rings (SSSR count). The van der Waals surface area contributed by atoms with Crippen molar-refractivity contribution in [2.24, 2.45) is 5.73 Å². The van der Waals surface area contributed by atoms with Crippen molar-refractivity contribution in [1.82, 2.24) is 5.16 Å². The second-order valence-electron chi connectivity index (χ2n) is 4.73. The standard InChI is InChI=1S/C15H12N2O5/c1-8(16)15(19)22-9-2-3-10-13(6-9)20-7-11(14(10)18)12-4-5-21-17-12/h2-8H,16H2,1H3/t8-/m1/s1. The van der Waals surface area contributed by atoms with E-state index in [1.807, 2.05) is 0 Å². The lowest BCUT2D eigenvalue weighted by Crippen LogP contribution is -2.30. The molecule has 0 amide bonds. The first-order valence-corrected chi connectivity index (χ1v) is 6.50. The van der Waals surface area contributed by atoms with Crippen molar-refractivity contribution < 1.29 is 18.5 Å². The quantitative estimate of drug-likeness (QED) is 0.579. The summed E-state index contributed by atoms with van der Waals surface area (Å²) in [5, 5.41) is 4.06. The van der Waals surface area contributed by atoms with Gasteiger partial charge in [0, 0.05) is 12.1 Å². The van der Waals surface area contributed by atoms with Crippen molar-refractivity contribution in [2.45, 2.75) is 13.0 Å². The second-order valence-corrected chi connectivity index (χ2v) is 4.73. The van der Waals surface area contributed by atoms with E-state index in [1.54, 1.807) is 6.07 Å². The summed E-state index contributed by atoms with van der Waals surface area (Å²) in [6, 6.07) is 5.32. The van der Waals surface area contributed by atoms with E-state index in [4.69, 9.17) is 19.4 Å². The Morgan fingerprint density at radius 2 is 2.18 bits per heavy atom. The van der Waals surface area contributed by atoms with E-state index in [1.165, 1.54) is 37.6 Å². The highest BCUT2D eigenvalue weighted by atomic mass is 16.5. The smallest absolute Gasteiger partial charge is 0.328 e. The van der Waals surface area contributed by atoms with Gasteiger partial charge in [-0.1, -0.05) is 5.16 Å². The van der Waals surface area contributed by atoms with Crippen LogP contribution in [0.1, 0.15) is 6.92 Å². The van der Waals surface area contributed by atoms with E-state index >= 15 is 0 Å². The maximum atomic E-state index is 12.4. The lowest BCUT2D eigenvalue weighted by atomic mass is 10.1. The molecule has 0 bridgehead atoms. The summed E-state index contributed by atoms with van der Waals surface area (Å²) in [6.07, 6.45) is 2.66. The van der Waals surface area contributed by atoms with E-state index in [-0.39, 0.29) is 11.2 Å². The monoisotopic (exact) mass is 300 g/mol. The van der Waals surface area contributed by atoms with Gasteiger partial charge in [-0.3, -0.25) is 4.79 Å². The van der Waals surface area contributed by atoms with Crippen LogP contribution in [0.25, 0.3) is 22.2 Å². The average Bonchev–Trinajstić information content (AvgIpc) is 3.01. The van der Waals surface area contributed by atoms with Crippen molar-refractivity contribution in [3.63, 3.8) is 0 Å². The molecule has 0 saturated carbocycles. The number of nitrogens with two attached hydrogens (primary N) is 1. The van der Waals surface area contributed by atoms with Crippen molar-refractivity contribution in [1.29, 1.82) is 0 Å². The summed E-state index contributed by atoms with van der Waals surface area (Å²) in [6.45, 7) is 1.52. The molecule has 22 heavy (non-hydrogen) atoms. The maximum absolute atomic E-state index is 12.4. The molecule has 1 atom stereocenters. The van der Waals surface area contributed by atoms with Crippen molar-refractivity contribution in [3.8, 4) is 17.0 Å². The molecule has 1 aromatic carbocycles.